The van der Waals surface area contributed by atoms with Crippen LogP contribution in [-0.4, -0.2) is 27.3 Å². The Labute approximate surface area is 174 Å². The summed E-state index contributed by atoms with van der Waals surface area (Å²) in [7, 11) is 0. The summed E-state index contributed by atoms with van der Waals surface area (Å²) in [6.45, 7) is 2.51. The summed E-state index contributed by atoms with van der Waals surface area (Å²) < 4.78 is 0. The maximum atomic E-state index is 13.5. The number of H-pyrrole nitrogens is 1. The minimum atomic E-state index is -0.283. The van der Waals surface area contributed by atoms with Crippen LogP contribution in [-0.2, 0) is 6.42 Å². The molecule has 2 aromatic heterocycles. The van der Waals surface area contributed by atoms with E-state index in [9.17, 15) is 4.79 Å². The van der Waals surface area contributed by atoms with E-state index in [4.69, 9.17) is 11.6 Å². The van der Waals surface area contributed by atoms with Crippen LogP contribution in [0.3, 0.4) is 0 Å². The standard InChI is InChI=1S/C24H20ClN3O/c1-15-7-6-12-21(26-15)24(29)28-14-13-17-16-8-3-5-11-20(16)27-22(17)23(28)18-9-2-4-10-19(18)25/h2-12,23,27H,13-14H2,1H3/t23-/m0/s1. The zero-order chi connectivity index (χ0) is 20.0. The molecule has 0 fully saturated rings. The van der Waals surface area contributed by atoms with Gasteiger partial charge in [0.1, 0.15) is 5.69 Å². The number of pyridine rings is 1. The van der Waals surface area contributed by atoms with E-state index < -0.39 is 0 Å². The van der Waals surface area contributed by atoms with Crippen molar-refractivity contribution in [3.05, 3.63) is 100.0 Å². The molecule has 144 valence electrons. The fourth-order valence-corrected chi connectivity index (χ4v) is 4.53. The molecular weight excluding hydrogens is 382 g/mol. The molecule has 1 N–H and O–H groups in total. The van der Waals surface area contributed by atoms with Crippen molar-refractivity contribution >= 4 is 28.4 Å². The summed E-state index contributed by atoms with van der Waals surface area (Å²) in [6.07, 6.45) is 0.790. The predicted octanol–water partition coefficient (Wildman–Crippen LogP) is 5.31. The molecule has 5 rings (SSSR count). The largest absolute Gasteiger partial charge is 0.356 e. The molecule has 1 atom stereocenters. The van der Waals surface area contributed by atoms with Gasteiger partial charge in [0.2, 0.25) is 0 Å². The highest BCUT2D eigenvalue weighted by Crippen LogP contribution is 2.41. The van der Waals surface area contributed by atoms with Crippen LogP contribution in [0, 0.1) is 6.92 Å². The Bertz CT molecular complexity index is 1230. The van der Waals surface area contributed by atoms with Crippen LogP contribution in [0.15, 0.2) is 66.7 Å². The van der Waals surface area contributed by atoms with Gasteiger partial charge in [0.15, 0.2) is 0 Å². The van der Waals surface area contributed by atoms with Crippen LogP contribution in [0.1, 0.15) is 39.0 Å². The van der Waals surface area contributed by atoms with Gasteiger partial charge in [-0.05, 0) is 48.7 Å². The van der Waals surface area contributed by atoms with Gasteiger partial charge in [-0.15, -0.1) is 0 Å². The highest BCUT2D eigenvalue weighted by atomic mass is 35.5. The minimum absolute atomic E-state index is 0.0806. The molecule has 1 amide bonds. The molecule has 1 aliphatic rings. The third-order valence-electron chi connectivity index (χ3n) is 5.60. The smallest absolute Gasteiger partial charge is 0.273 e. The van der Waals surface area contributed by atoms with Crippen LogP contribution < -0.4 is 0 Å². The molecule has 0 spiro atoms. The first-order valence-corrected chi connectivity index (χ1v) is 10.1. The maximum absolute atomic E-state index is 13.5. The summed E-state index contributed by atoms with van der Waals surface area (Å²) in [5.41, 5.74) is 5.58. The third-order valence-corrected chi connectivity index (χ3v) is 5.95. The van der Waals surface area contributed by atoms with Gasteiger partial charge in [0.25, 0.3) is 5.91 Å². The van der Waals surface area contributed by atoms with E-state index in [2.05, 4.69) is 28.2 Å². The molecule has 5 heteroatoms. The lowest BCUT2D eigenvalue weighted by Gasteiger charge is -2.36. The van der Waals surface area contributed by atoms with Crippen LogP contribution in [0.4, 0.5) is 0 Å². The number of nitrogens with one attached hydrogen (secondary N) is 1. The summed E-state index contributed by atoms with van der Waals surface area (Å²) in [4.78, 5) is 23.4. The molecule has 29 heavy (non-hydrogen) atoms. The van der Waals surface area contributed by atoms with Gasteiger partial charge < -0.3 is 9.88 Å². The van der Waals surface area contributed by atoms with Crippen molar-refractivity contribution in [1.82, 2.24) is 14.9 Å². The molecule has 4 aromatic rings. The lowest BCUT2D eigenvalue weighted by atomic mass is 9.92. The number of aromatic amines is 1. The summed E-state index contributed by atoms with van der Waals surface area (Å²) in [6, 6.07) is 21.3. The zero-order valence-corrected chi connectivity index (χ0v) is 16.8. The van der Waals surface area contributed by atoms with Crippen LogP contribution >= 0.6 is 11.6 Å². The number of halogens is 1. The van der Waals surface area contributed by atoms with Crippen molar-refractivity contribution in [2.45, 2.75) is 19.4 Å². The molecule has 0 radical (unpaired) electrons. The molecule has 0 unspecified atom stereocenters. The van der Waals surface area contributed by atoms with Gasteiger partial charge in [-0.1, -0.05) is 54.1 Å². The average molecular weight is 402 g/mol. The zero-order valence-electron chi connectivity index (χ0n) is 16.0. The number of nitrogens with zero attached hydrogens (tertiary/aromatic N) is 2. The second kappa shape index (κ2) is 7.05. The predicted molar refractivity (Wildman–Crippen MR) is 115 cm³/mol. The number of carbonyl (C=O) groups is 1. The number of amides is 1. The topological polar surface area (TPSA) is 49.0 Å². The molecular formula is C24H20ClN3O. The Morgan fingerprint density at radius 2 is 1.86 bits per heavy atom. The van der Waals surface area contributed by atoms with Crippen molar-refractivity contribution < 1.29 is 4.79 Å². The van der Waals surface area contributed by atoms with Gasteiger partial charge >= 0.3 is 0 Å². The number of hydrogen-bond acceptors (Lipinski definition) is 2. The first kappa shape index (κ1) is 18.0. The number of aryl methyl sites for hydroxylation is 1. The highest BCUT2D eigenvalue weighted by molar-refractivity contribution is 6.31. The van der Waals surface area contributed by atoms with Crippen molar-refractivity contribution in [3.8, 4) is 0 Å². The molecule has 2 aromatic carbocycles. The number of rotatable bonds is 2. The number of para-hydroxylation sites is 1. The van der Waals surface area contributed by atoms with Gasteiger partial charge in [-0.3, -0.25) is 4.79 Å². The second-order valence-corrected chi connectivity index (χ2v) is 7.81. The molecule has 1 aliphatic heterocycles. The molecule has 0 saturated carbocycles. The number of carbonyl (C=O) groups excluding carboxylic acids is 1. The normalized spacial score (nSPS) is 16.1. The van der Waals surface area contributed by atoms with E-state index in [-0.39, 0.29) is 11.9 Å². The molecule has 0 saturated heterocycles. The average Bonchev–Trinajstić information content (AvgIpc) is 3.12. The molecule has 0 bridgehead atoms. The van der Waals surface area contributed by atoms with E-state index in [1.807, 2.05) is 54.3 Å². The first-order chi connectivity index (χ1) is 14.1. The lowest BCUT2D eigenvalue weighted by molar-refractivity contribution is 0.0686. The number of benzene rings is 2. The van der Waals surface area contributed by atoms with E-state index >= 15 is 0 Å². The van der Waals surface area contributed by atoms with Gasteiger partial charge in [0, 0.05) is 33.9 Å². The summed E-state index contributed by atoms with van der Waals surface area (Å²) in [5, 5.41) is 1.86. The number of hydrogen-bond donors (Lipinski definition) is 1. The fourth-order valence-electron chi connectivity index (χ4n) is 4.29. The van der Waals surface area contributed by atoms with Crippen molar-refractivity contribution in [3.63, 3.8) is 0 Å². The monoisotopic (exact) mass is 401 g/mol. The van der Waals surface area contributed by atoms with E-state index in [1.165, 1.54) is 10.9 Å². The quantitative estimate of drug-likeness (QED) is 0.494. The summed E-state index contributed by atoms with van der Waals surface area (Å²) >= 11 is 6.60. The van der Waals surface area contributed by atoms with Crippen molar-refractivity contribution in [1.29, 1.82) is 0 Å². The molecule has 4 nitrogen and oxygen atoms in total. The van der Waals surface area contributed by atoms with E-state index in [1.54, 1.807) is 6.07 Å². The van der Waals surface area contributed by atoms with Gasteiger partial charge in [0.05, 0.1) is 6.04 Å². The SMILES string of the molecule is Cc1cccc(C(=O)N2CCc3c([nH]c4ccccc34)[C@@H]2c2ccccc2Cl)n1. The van der Waals surface area contributed by atoms with Crippen molar-refractivity contribution in [2.24, 2.45) is 0 Å². The van der Waals surface area contributed by atoms with Crippen LogP contribution in [0.2, 0.25) is 5.02 Å². The molecule has 0 aliphatic carbocycles. The van der Waals surface area contributed by atoms with Gasteiger partial charge in [-0.25, -0.2) is 4.98 Å². The van der Waals surface area contributed by atoms with E-state index in [0.29, 0.717) is 17.3 Å². The Kier molecular flexibility index (Phi) is 4.36. The van der Waals surface area contributed by atoms with E-state index in [0.717, 1.165) is 28.9 Å². The Hall–Kier alpha value is -3.11. The van der Waals surface area contributed by atoms with Crippen LogP contribution in [0.25, 0.3) is 10.9 Å². The lowest BCUT2D eigenvalue weighted by Crippen LogP contribution is -2.41. The number of fused-ring (bicyclic) bond motifs is 3. The first-order valence-electron chi connectivity index (χ1n) is 9.72. The second-order valence-electron chi connectivity index (χ2n) is 7.40. The Morgan fingerprint density at radius 1 is 1.07 bits per heavy atom. The van der Waals surface area contributed by atoms with Crippen LogP contribution in [0.5, 0.6) is 0 Å². The van der Waals surface area contributed by atoms with Gasteiger partial charge in [-0.2, -0.15) is 0 Å². The summed E-state index contributed by atoms with van der Waals surface area (Å²) in [5.74, 6) is -0.0806. The van der Waals surface area contributed by atoms with Crippen molar-refractivity contribution in [2.75, 3.05) is 6.54 Å². The minimum Gasteiger partial charge on any atom is -0.356 e. The molecule has 3 heterocycles. The fraction of sp³-hybridized carbons (Fsp3) is 0.167. The Balaban J connectivity index is 1.69. The third kappa shape index (κ3) is 3.00. The Morgan fingerprint density at radius 3 is 2.69 bits per heavy atom. The number of aromatic nitrogens is 2. The maximum Gasteiger partial charge on any atom is 0.273 e. The highest BCUT2D eigenvalue weighted by Gasteiger charge is 2.36.